The van der Waals surface area contributed by atoms with E-state index in [1.807, 2.05) is 6.08 Å². The van der Waals surface area contributed by atoms with Gasteiger partial charge in [-0.25, -0.2) is 4.79 Å². The molecule has 2 aliphatic carbocycles. The van der Waals surface area contributed by atoms with E-state index in [1.165, 1.54) is 39.2 Å². The Balaban J connectivity index is 2.00. The van der Waals surface area contributed by atoms with Gasteiger partial charge >= 0.3 is 5.97 Å². The number of methoxy groups -OCH3 is 1. The van der Waals surface area contributed by atoms with Crippen LogP contribution in [0.25, 0.3) is 0 Å². The molecule has 1 N–H and O–H groups in total. The Labute approximate surface area is 160 Å². The molecule has 0 amide bonds. The molecule has 0 aliphatic heterocycles. The zero-order valence-electron chi connectivity index (χ0n) is 15.6. The van der Waals surface area contributed by atoms with Gasteiger partial charge < -0.3 is 9.84 Å². The van der Waals surface area contributed by atoms with E-state index in [9.17, 15) is 9.90 Å². The Bertz CT molecular complexity index is 565. The molecule has 2 aliphatic rings. The lowest BCUT2D eigenvalue weighted by molar-refractivity contribution is -0.136. The fourth-order valence-corrected chi connectivity index (χ4v) is 5.61. The lowest BCUT2D eigenvalue weighted by atomic mass is 9.61. The molecule has 1 unspecified atom stereocenters. The van der Waals surface area contributed by atoms with Gasteiger partial charge in [0.15, 0.2) is 0 Å². The van der Waals surface area contributed by atoms with Crippen molar-refractivity contribution in [3.8, 4) is 0 Å². The Kier molecular flexibility index (Phi) is 7.10. The van der Waals surface area contributed by atoms with Gasteiger partial charge in [-0.3, -0.25) is 0 Å². The lowest BCUT2D eigenvalue weighted by Crippen LogP contribution is -2.35. The first-order valence-corrected chi connectivity index (χ1v) is 10.2. The van der Waals surface area contributed by atoms with Crippen LogP contribution in [-0.2, 0) is 9.53 Å². The minimum Gasteiger partial charge on any atom is -0.466 e. The Hall–Kier alpha value is -0.870. The number of hydrogen-bond donors (Lipinski definition) is 1. The van der Waals surface area contributed by atoms with E-state index in [1.54, 1.807) is 5.57 Å². The van der Waals surface area contributed by atoms with E-state index in [-0.39, 0.29) is 6.42 Å². The van der Waals surface area contributed by atoms with E-state index in [0.717, 1.165) is 0 Å². The van der Waals surface area contributed by atoms with Crippen LogP contribution in [0.3, 0.4) is 0 Å². The number of allylic oxidation sites excluding steroid dienone is 2. The number of carbonyl (C=O) groups excluding carboxylic acids is 1. The molecule has 0 aromatic rings. The number of rotatable bonds is 6. The fraction of sp³-hybridized carbons (Fsp3) is 0.667. The Morgan fingerprint density at radius 3 is 2.84 bits per heavy atom. The molecule has 3 nitrogen and oxygen atoms in total. The molecule has 0 saturated heterocycles. The van der Waals surface area contributed by atoms with Gasteiger partial charge in [-0.2, -0.15) is 0 Å². The maximum atomic E-state index is 11.4. The van der Waals surface area contributed by atoms with Gasteiger partial charge in [0.2, 0.25) is 0 Å². The predicted molar refractivity (Wildman–Crippen MR) is 105 cm³/mol. The summed E-state index contributed by atoms with van der Waals surface area (Å²) in [6.45, 7) is 8.38. The molecule has 2 rings (SSSR count). The van der Waals surface area contributed by atoms with Crippen molar-refractivity contribution >= 4 is 21.9 Å². The van der Waals surface area contributed by atoms with Crippen molar-refractivity contribution in [3.05, 3.63) is 34.9 Å². The molecular weight excluding hydrogens is 380 g/mol. The van der Waals surface area contributed by atoms with Crippen molar-refractivity contribution in [1.29, 1.82) is 0 Å². The smallest absolute Gasteiger partial charge is 0.333 e. The first kappa shape index (κ1) is 20.4. The second-order valence-corrected chi connectivity index (χ2v) is 8.35. The number of fused-ring (bicyclic) bond motifs is 1. The fourth-order valence-electron chi connectivity index (χ4n) is 5.06. The number of halogens is 1. The Morgan fingerprint density at radius 2 is 2.20 bits per heavy atom. The third-order valence-corrected chi connectivity index (χ3v) is 6.97. The molecule has 25 heavy (non-hydrogen) atoms. The summed E-state index contributed by atoms with van der Waals surface area (Å²) < 4.78 is 4.63. The average molecular weight is 411 g/mol. The zero-order chi connectivity index (χ0) is 18.6. The standard InChI is InChI=1S/C21H31BrO3/c1-14(7-8-17(23)12-15(2)20(24)25-4)18-9-10-19-16(13-22)6-5-11-21(18,19)3/h7-8,13-14,17-19,23H,2,5-6,9-12H2,1,3-4H3/t14-,17?,18-,19+,21-/m1/s1. The van der Waals surface area contributed by atoms with Crippen LogP contribution in [0, 0.1) is 23.2 Å². The molecule has 0 aromatic heterocycles. The number of carbonyl (C=O) groups is 1. The molecule has 2 fully saturated rings. The second-order valence-electron chi connectivity index (χ2n) is 7.89. The summed E-state index contributed by atoms with van der Waals surface area (Å²) in [4.78, 5) is 13.5. The molecule has 0 bridgehead atoms. The monoisotopic (exact) mass is 410 g/mol. The maximum Gasteiger partial charge on any atom is 0.333 e. The highest BCUT2D eigenvalue weighted by atomic mass is 79.9. The van der Waals surface area contributed by atoms with Crippen molar-refractivity contribution < 1.29 is 14.6 Å². The van der Waals surface area contributed by atoms with Crippen LogP contribution in [-0.4, -0.2) is 24.3 Å². The average Bonchev–Trinajstić information content (AvgIpc) is 2.95. The van der Waals surface area contributed by atoms with Crippen molar-refractivity contribution in [3.63, 3.8) is 0 Å². The van der Waals surface area contributed by atoms with E-state index in [4.69, 9.17) is 0 Å². The number of aliphatic hydroxyl groups excluding tert-OH is 1. The van der Waals surface area contributed by atoms with Gasteiger partial charge in [-0.1, -0.05) is 54.1 Å². The third kappa shape index (κ3) is 4.46. The van der Waals surface area contributed by atoms with E-state index >= 15 is 0 Å². The highest BCUT2D eigenvalue weighted by molar-refractivity contribution is 9.11. The molecular formula is C21H31BrO3. The van der Waals surface area contributed by atoms with Gasteiger partial charge in [-0.05, 0) is 60.3 Å². The SMILES string of the molecule is C=C(CC(O)C=C[C@@H](C)[C@H]1CC[C@H]2C(=CBr)CCC[C@]12C)C(=O)OC. The van der Waals surface area contributed by atoms with Crippen LogP contribution < -0.4 is 0 Å². The van der Waals surface area contributed by atoms with Crippen LogP contribution in [0.1, 0.15) is 52.4 Å². The van der Waals surface area contributed by atoms with Gasteiger partial charge in [0.25, 0.3) is 0 Å². The number of aliphatic hydroxyl groups is 1. The van der Waals surface area contributed by atoms with Crippen molar-refractivity contribution in [2.45, 2.75) is 58.5 Å². The second kappa shape index (κ2) is 8.68. The summed E-state index contributed by atoms with van der Waals surface area (Å²) >= 11 is 3.56. The summed E-state index contributed by atoms with van der Waals surface area (Å²) in [6, 6.07) is 0. The van der Waals surface area contributed by atoms with Crippen LogP contribution in [0.2, 0.25) is 0 Å². The van der Waals surface area contributed by atoms with Crippen LogP contribution in [0.15, 0.2) is 34.9 Å². The Morgan fingerprint density at radius 1 is 1.48 bits per heavy atom. The summed E-state index contributed by atoms with van der Waals surface area (Å²) in [6.07, 6.45) is 9.74. The van der Waals surface area contributed by atoms with Crippen LogP contribution in [0.5, 0.6) is 0 Å². The molecule has 0 aromatic carbocycles. The maximum absolute atomic E-state index is 11.4. The van der Waals surface area contributed by atoms with Crippen molar-refractivity contribution in [1.82, 2.24) is 0 Å². The molecule has 0 radical (unpaired) electrons. The van der Waals surface area contributed by atoms with E-state index in [0.29, 0.717) is 28.7 Å². The lowest BCUT2D eigenvalue weighted by Gasteiger charge is -2.43. The van der Waals surface area contributed by atoms with Crippen LogP contribution in [0.4, 0.5) is 0 Å². The van der Waals surface area contributed by atoms with Crippen molar-refractivity contribution in [2.75, 3.05) is 7.11 Å². The normalized spacial score (nSPS) is 33.2. The van der Waals surface area contributed by atoms with Gasteiger partial charge in [0.1, 0.15) is 0 Å². The quantitative estimate of drug-likeness (QED) is 0.373. The molecule has 140 valence electrons. The van der Waals surface area contributed by atoms with Gasteiger partial charge in [0.05, 0.1) is 13.2 Å². The first-order valence-electron chi connectivity index (χ1n) is 9.25. The van der Waals surface area contributed by atoms with Crippen LogP contribution >= 0.6 is 15.9 Å². The molecule has 4 heteroatoms. The summed E-state index contributed by atoms with van der Waals surface area (Å²) in [5.74, 6) is 1.27. The van der Waals surface area contributed by atoms with Gasteiger partial charge in [0, 0.05) is 12.0 Å². The zero-order valence-corrected chi connectivity index (χ0v) is 17.2. The highest BCUT2D eigenvalue weighted by Crippen LogP contribution is 2.59. The van der Waals surface area contributed by atoms with E-state index in [2.05, 4.69) is 52.2 Å². The summed E-state index contributed by atoms with van der Waals surface area (Å²) in [5, 5.41) is 10.2. The summed E-state index contributed by atoms with van der Waals surface area (Å²) in [7, 11) is 1.33. The topological polar surface area (TPSA) is 46.5 Å². The first-order chi connectivity index (χ1) is 11.8. The third-order valence-electron chi connectivity index (χ3n) is 6.38. The molecule has 0 spiro atoms. The number of hydrogen-bond acceptors (Lipinski definition) is 3. The van der Waals surface area contributed by atoms with Crippen molar-refractivity contribution in [2.24, 2.45) is 23.2 Å². The van der Waals surface area contributed by atoms with E-state index < -0.39 is 12.1 Å². The molecule has 0 heterocycles. The number of ether oxygens (including phenoxy) is 1. The minimum absolute atomic E-state index is 0.219. The number of esters is 1. The highest BCUT2D eigenvalue weighted by Gasteiger charge is 2.50. The molecule has 2 saturated carbocycles. The largest absolute Gasteiger partial charge is 0.466 e. The summed E-state index contributed by atoms with van der Waals surface area (Å²) in [5.41, 5.74) is 2.23. The minimum atomic E-state index is -0.691. The van der Waals surface area contributed by atoms with Gasteiger partial charge in [-0.15, -0.1) is 0 Å². The predicted octanol–water partition coefficient (Wildman–Crippen LogP) is 5.15. The molecule has 5 atom stereocenters.